The molecular weight excluding hydrogens is 405 g/mol. The van der Waals surface area contributed by atoms with Crippen LogP contribution in [-0.4, -0.2) is 12.0 Å². The van der Waals surface area contributed by atoms with Gasteiger partial charge in [-0.25, -0.2) is 0 Å². The largest absolute Gasteiger partial charge is 0.490 e. The summed E-state index contributed by atoms with van der Waals surface area (Å²) in [7, 11) is 0. The lowest BCUT2D eigenvalue weighted by Crippen LogP contribution is -2.42. The molecule has 1 aliphatic rings. The summed E-state index contributed by atoms with van der Waals surface area (Å²) in [6.07, 6.45) is 5.83. The molecule has 3 rings (SSSR count). The summed E-state index contributed by atoms with van der Waals surface area (Å²) in [5, 5.41) is 4.28. The Morgan fingerprint density at radius 2 is 1.86 bits per heavy atom. The van der Waals surface area contributed by atoms with Crippen LogP contribution in [0.1, 0.15) is 63.5 Å². The fourth-order valence-corrected chi connectivity index (χ4v) is 4.65. The minimum atomic E-state index is -0.625. The fraction of sp³-hybridized carbons (Fsp3) is 0.458. The summed E-state index contributed by atoms with van der Waals surface area (Å²) >= 11 is 12.6. The van der Waals surface area contributed by atoms with Crippen LogP contribution in [0.15, 0.2) is 36.4 Å². The Kier molecular flexibility index (Phi) is 7.13. The lowest BCUT2D eigenvalue weighted by atomic mass is 9.68. The van der Waals surface area contributed by atoms with Crippen molar-refractivity contribution < 1.29 is 9.53 Å². The number of benzene rings is 2. The van der Waals surface area contributed by atoms with Crippen LogP contribution >= 0.6 is 23.2 Å². The van der Waals surface area contributed by atoms with Crippen LogP contribution in [0.3, 0.4) is 0 Å². The average Bonchev–Trinajstić information content (AvgIpc) is 2.70. The van der Waals surface area contributed by atoms with Crippen molar-refractivity contribution in [2.75, 3.05) is 5.32 Å². The molecule has 0 aromatic heterocycles. The standard InChI is InChI=1S/C24H29Cl2NO2/c1-4-17(3)29-22-11-9-19(14-16(22)2)27-23(28)24(12-6-5-7-13-24)20-10-8-18(25)15-21(20)26/h8-11,14-15,17H,4-7,12-13H2,1-3H3,(H,27,28)/t17-/m0/s1. The highest BCUT2D eigenvalue weighted by Gasteiger charge is 2.42. The summed E-state index contributed by atoms with van der Waals surface area (Å²) in [4.78, 5) is 13.5. The highest BCUT2D eigenvalue weighted by molar-refractivity contribution is 6.35. The number of aryl methyl sites for hydroxylation is 1. The minimum Gasteiger partial charge on any atom is -0.490 e. The number of hydrogen-bond donors (Lipinski definition) is 1. The highest BCUT2D eigenvalue weighted by Crippen LogP contribution is 2.44. The number of carbonyl (C=O) groups excluding carboxylic acids is 1. The number of nitrogens with one attached hydrogen (secondary N) is 1. The summed E-state index contributed by atoms with van der Waals surface area (Å²) in [6, 6.07) is 11.3. The number of ether oxygens (including phenoxy) is 1. The van der Waals surface area contributed by atoms with Gasteiger partial charge in [0.2, 0.25) is 5.91 Å². The second-order valence-corrected chi connectivity index (χ2v) is 8.88. The monoisotopic (exact) mass is 433 g/mol. The molecule has 3 nitrogen and oxygen atoms in total. The number of amides is 1. The SMILES string of the molecule is CC[C@H](C)Oc1ccc(NC(=O)C2(c3ccc(Cl)cc3Cl)CCCCC2)cc1C. The van der Waals surface area contributed by atoms with Gasteiger partial charge in [0.05, 0.1) is 11.5 Å². The Morgan fingerprint density at radius 3 is 2.48 bits per heavy atom. The van der Waals surface area contributed by atoms with Gasteiger partial charge in [-0.3, -0.25) is 4.79 Å². The third-order valence-corrected chi connectivity index (χ3v) is 6.47. The molecule has 1 N–H and O–H groups in total. The van der Waals surface area contributed by atoms with E-state index in [0.717, 1.165) is 61.1 Å². The van der Waals surface area contributed by atoms with Crippen molar-refractivity contribution in [2.45, 2.75) is 70.8 Å². The van der Waals surface area contributed by atoms with Gasteiger partial charge in [-0.05, 0) is 74.6 Å². The maximum atomic E-state index is 13.5. The first kappa shape index (κ1) is 22.0. The number of halogens is 2. The molecule has 1 aliphatic carbocycles. The van der Waals surface area contributed by atoms with Crippen LogP contribution in [0.25, 0.3) is 0 Å². The van der Waals surface area contributed by atoms with Crippen molar-refractivity contribution in [1.29, 1.82) is 0 Å². The minimum absolute atomic E-state index is 0.00332. The molecule has 29 heavy (non-hydrogen) atoms. The van der Waals surface area contributed by atoms with E-state index in [1.165, 1.54) is 0 Å². The lowest BCUT2D eigenvalue weighted by Gasteiger charge is -2.37. The van der Waals surface area contributed by atoms with Gasteiger partial charge in [0, 0.05) is 15.7 Å². The zero-order chi connectivity index (χ0) is 21.0. The van der Waals surface area contributed by atoms with E-state index >= 15 is 0 Å². The molecule has 1 atom stereocenters. The van der Waals surface area contributed by atoms with Crippen molar-refractivity contribution >= 4 is 34.8 Å². The molecule has 0 bridgehead atoms. The molecule has 5 heteroatoms. The third kappa shape index (κ3) is 4.90. The molecule has 0 radical (unpaired) electrons. The molecule has 0 aliphatic heterocycles. The quantitative estimate of drug-likeness (QED) is 0.517. The molecule has 2 aromatic carbocycles. The van der Waals surface area contributed by atoms with Gasteiger partial charge in [-0.2, -0.15) is 0 Å². The molecule has 1 saturated carbocycles. The average molecular weight is 434 g/mol. The molecule has 156 valence electrons. The second-order valence-electron chi connectivity index (χ2n) is 8.04. The summed E-state index contributed by atoms with van der Waals surface area (Å²) in [5.74, 6) is 0.849. The van der Waals surface area contributed by atoms with Gasteiger partial charge in [0.25, 0.3) is 0 Å². The van der Waals surface area contributed by atoms with Crippen LogP contribution in [0.5, 0.6) is 5.75 Å². The Bertz CT molecular complexity index is 875. The van der Waals surface area contributed by atoms with Crippen molar-refractivity contribution in [3.63, 3.8) is 0 Å². The Labute approximate surface area is 183 Å². The normalized spacial score (nSPS) is 16.9. The Morgan fingerprint density at radius 1 is 1.14 bits per heavy atom. The zero-order valence-corrected chi connectivity index (χ0v) is 18.9. The third-order valence-electron chi connectivity index (χ3n) is 5.92. The van der Waals surface area contributed by atoms with Crippen molar-refractivity contribution in [2.24, 2.45) is 0 Å². The number of anilines is 1. The molecule has 1 fully saturated rings. The van der Waals surface area contributed by atoms with Gasteiger partial charge in [-0.15, -0.1) is 0 Å². The van der Waals surface area contributed by atoms with Gasteiger partial charge >= 0.3 is 0 Å². The molecule has 2 aromatic rings. The van der Waals surface area contributed by atoms with Gasteiger partial charge < -0.3 is 10.1 Å². The van der Waals surface area contributed by atoms with Crippen LogP contribution in [0.4, 0.5) is 5.69 Å². The van der Waals surface area contributed by atoms with E-state index in [4.69, 9.17) is 27.9 Å². The van der Waals surface area contributed by atoms with Gasteiger partial charge in [0.1, 0.15) is 5.75 Å². The van der Waals surface area contributed by atoms with Crippen molar-refractivity contribution in [3.8, 4) is 5.75 Å². The van der Waals surface area contributed by atoms with E-state index in [1.54, 1.807) is 6.07 Å². The summed E-state index contributed by atoms with van der Waals surface area (Å²) in [5.41, 5.74) is 2.03. The maximum absolute atomic E-state index is 13.5. The topological polar surface area (TPSA) is 38.3 Å². The number of carbonyl (C=O) groups is 1. The Hall–Kier alpha value is -1.71. The predicted octanol–water partition coefficient (Wildman–Crippen LogP) is 7.32. The molecule has 1 amide bonds. The fourth-order valence-electron chi connectivity index (χ4n) is 4.06. The van der Waals surface area contributed by atoms with E-state index in [9.17, 15) is 4.79 Å². The first-order chi connectivity index (χ1) is 13.9. The molecule has 0 spiro atoms. The number of rotatable bonds is 6. The van der Waals surface area contributed by atoms with Crippen LogP contribution in [0.2, 0.25) is 10.0 Å². The molecule has 0 heterocycles. The molecular formula is C24H29Cl2NO2. The van der Waals surface area contributed by atoms with Crippen LogP contribution < -0.4 is 10.1 Å². The molecule has 0 saturated heterocycles. The van der Waals surface area contributed by atoms with E-state index in [0.29, 0.717) is 10.0 Å². The smallest absolute Gasteiger partial charge is 0.235 e. The predicted molar refractivity (Wildman–Crippen MR) is 121 cm³/mol. The van der Waals surface area contributed by atoms with Crippen molar-refractivity contribution in [1.82, 2.24) is 0 Å². The van der Waals surface area contributed by atoms with Crippen LogP contribution in [0, 0.1) is 6.92 Å². The summed E-state index contributed by atoms with van der Waals surface area (Å²) < 4.78 is 5.94. The highest BCUT2D eigenvalue weighted by atomic mass is 35.5. The lowest BCUT2D eigenvalue weighted by molar-refractivity contribution is -0.122. The summed E-state index contributed by atoms with van der Waals surface area (Å²) in [6.45, 7) is 6.15. The first-order valence-electron chi connectivity index (χ1n) is 10.4. The van der Waals surface area contributed by atoms with E-state index < -0.39 is 5.41 Å². The zero-order valence-electron chi connectivity index (χ0n) is 17.4. The van der Waals surface area contributed by atoms with Gasteiger partial charge in [0.15, 0.2) is 0 Å². The van der Waals surface area contributed by atoms with E-state index in [-0.39, 0.29) is 12.0 Å². The van der Waals surface area contributed by atoms with Crippen LogP contribution in [-0.2, 0) is 10.2 Å². The number of hydrogen-bond acceptors (Lipinski definition) is 2. The van der Waals surface area contributed by atoms with Gasteiger partial charge in [-0.1, -0.05) is 55.5 Å². The second kappa shape index (κ2) is 9.40. The van der Waals surface area contributed by atoms with E-state index in [2.05, 4.69) is 19.2 Å². The molecule has 0 unspecified atom stereocenters. The van der Waals surface area contributed by atoms with Crippen molar-refractivity contribution in [3.05, 3.63) is 57.6 Å². The Balaban J connectivity index is 1.87. The first-order valence-corrected chi connectivity index (χ1v) is 11.2. The maximum Gasteiger partial charge on any atom is 0.235 e. The van der Waals surface area contributed by atoms with E-state index in [1.807, 2.05) is 37.3 Å².